The first-order valence-electron chi connectivity index (χ1n) is 9.69. The SMILES string of the molecule is CC(C)[Si]1(C(C)C)OC[C@H]2SC(Cl)=C(CO)[C@@H]2O[Si](C(C)C)(C(C)C)O1. The molecule has 1 saturated heterocycles. The molecule has 2 aliphatic rings. The largest absolute Gasteiger partial charge is 0.414 e. The van der Waals surface area contributed by atoms with Crippen LogP contribution < -0.4 is 0 Å². The number of halogens is 1. The topological polar surface area (TPSA) is 47.9 Å². The summed E-state index contributed by atoms with van der Waals surface area (Å²) < 4.78 is 21.4. The lowest BCUT2D eigenvalue weighted by molar-refractivity contribution is 0.0842. The van der Waals surface area contributed by atoms with Crippen molar-refractivity contribution in [2.75, 3.05) is 13.2 Å². The Balaban J connectivity index is 2.57. The first-order chi connectivity index (χ1) is 12.0. The average Bonchev–Trinajstić information content (AvgIpc) is 2.80. The summed E-state index contributed by atoms with van der Waals surface area (Å²) in [5.41, 5.74) is 2.01. The van der Waals surface area contributed by atoms with Gasteiger partial charge < -0.3 is 18.1 Å². The number of fused-ring (bicyclic) bond motifs is 1. The van der Waals surface area contributed by atoms with E-state index in [2.05, 4.69) is 55.4 Å². The molecule has 0 aromatic heterocycles. The summed E-state index contributed by atoms with van der Waals surface area (Å²) in [5, 5.41) is 9.96. The van der Waals surface area contributed by atoms with Crippen molar-refractivity contribution in [3.63, 3.8) is 0 Å². The monoisotopic (exact) mass is 438 g/mol. The maximum Gasteiger partial charge on any atom is 0.335 e. The molecule has 0 bridgehead atoms. The normalized spacial score (nSPS) is 28.8. The van der Waals surface area contributed by atoms with E-state index in [1.165, 1.54) is 0 Å². The first kappa shape index (κ1) is 22.9. The van der Waals surface area contributed by atoms with Crippen molar-refractivity contribution in [2.45, 2.75) is 88.9 Å². The molecule has 1 fully saturated rings. The molecule has 0 amide bonds. The zero-order valence-corrected chi connectivity index (χ0v) is 20.9. The van der Waals surface area contributed by atoms with E-state index in [-0.39, 0.29) is 29.0 Å². The third-order valence-electron chi connectivity index (χ3n) is 5.68. The Labute approximate surface area is 170 Å². The zero-order chi connectivity index (χ0) is 19.9. The Hall–Kier alpha value is 0.654. The summed E-state index contributed by atoms with van der Waals surface area (Å²) in [4.78, 5) is 0. The Morgan fingerprint density at radius 2 is 1.50 bits per heavy atom. The number of aliphatic hydroxyl groups is 1. The van der Waals surface area contributed by atoms with Gasteiger partial charge in [-0.15, -0.1) is 11.8 Å². The molecule has 152 valence electrons. The molecule has 0 aliphatic carbocycles. The zero-order valence-electron chi connectivity index (χ0n) is 17.3. The highest BCUT2D eigenvalue weighted by Gasteiger charge is 2.59. The predicted molar refractivity (Wildman–Crippen MR) is 115 cm³/mol. The molecule has 2 aliphatic heterocycles. The Morgan fingerprint density at radius 3 is 1.92 bits per heavy atom. The quantitative estimate of drug-likeness (QED) is 0.574. The van der Waals surface area contributed by atoms with Crippen molar-refractivity contribution in [3.05, 3.63) is 9.94 Å². The number of thioether (sulfide) groups is 1. The van der Waals surface area contributed by atoms with Gasteiger partial charge in [0.1, 0.15) is 0 Å². The van der Waals surface area contributed by atoms with Crippen LogP contribution in [0.2, 0.25) is 22.2 Å². The molecule has 2 atom stereocenters. The highest BCUT2D eigenvalue weighted by Crippen LogP contribution is 2.51. The third kappa shape index (κ3) is 3.88. The molecule has 26 heavy (non-hydrogen) atoms. The highest BCUT2D eigenvalue weighted by molar-refractivity contribution is 8.05. The van der Waals surface area contributed by atoms with Crippen LogP contribution in [-0.4, -0.2) is 46.8 Å². The minimum absolute atomic E-state index is 0.0788. The fraction of sp³-hybridized carbons (Fsp3) is 0.889. The lowest BCUT2D eigenvalue weighted by Gasteiger charge is -2.51. The fourth-order valence-electron chi connectivity index (χ4n) is 4.15. The van der Waals surface area contributed by atoms with Crippen LogP contribution in [0.3, 0.4) is 0 Å². The summed E-state index contributed by atoms with van der Waals surface area (Å²) >= 11 is 8.02. The van der Waals surface area contributed by atoms with E-state index >= 15 is 0 Å². The lowest BCUT2D eigenvalue weighted by atomic mass is 10.1. The second kappa shape index (κ2) is 8.57. The minimum Gasteiger partial charge on any atom is -0.414 e. The van der Waals surface area contributed by atoms with E-state index in [4.69, 9.17) is 24.6 Å². The molecule has 4 nitrogen and oxygen atoms in total. The van der Waals surface area contributed by atoms with Crippen LogP contribution in [0, 0.1) is 0 Å². The number of rotatable bonds is 5. The van der Waals surface area contributed by atoms with Crippen molar-refractivity contribution in [1.29, 1.82) is 0 Å². The van der Waals surface area contributed by atoms with Crippen molar-refractivity contribution in [1.82, 2.24) is 0 Å². The molecule has 2 heterocycles. The van der Waals surface area contributed by atoms with Crippen molar-refractivity contribution in [3.8, 4) is 0 Å². The van der Waals surface area contributed by atoms with E-state index in [1.54, 1.807) is 11.8 Å². The average molecular weight is 439 g/mol. The molecular weight excluding hydrogens is 404 g/mol. The van der Waals surface area contributed by atoms with E-state index in [0.717, 1.165) is 5.57 Å². The van der Waals surface area contributed by atoms with Gasteiger partial charge in [0.15, 0.2) is 0 Å². The van der Waals surface area contributed by atoms with E-state index < -0.39 is 17.1 Å². The lowest BCUT2D eigenvalue weighted by Crippen LogP contribution is -2.65. The molecule has 0 aromatic carbocycles. The Bertz CT molecular complexity index is 523. The minimum atomic E-state index is -2.63. The van der Waals surface area contributed by atoms with Crippen LogP contribution in [0.4, 0.5) is 0 Å². The van der Waals surface area contributed by atoms with Crippen LogP contribution >= 0.6 is 23.4 Å². The van der Waals surface area contributed by atoms with E-state index in [1.807, 2.05) is 0 Å². The molecule has 0 unspecified atom stereocenters. The van der Waals surface area contributed by atoms with Crippen molar-refractivity contribution in [2.24, 2.45) is 0 Å². The summed E-state index contributed by atoms with van der Waals surface area (Å²) in [6.45, 7) is 18.2. The van der Waals surface area contributed by atoms with Crippen molar-refractivity contribution < 1.29 is 18.1 Å². The van der Waals surface area contributed by atoms with Gasteiger partial charge in [0.2, 0.25) is 0 Å². The molecular formula is C18H35ClO4SSi2. The van der Waals surface area contributed by atoms with Crippen molar-refractivity contribution >= 4 is 40.5 Å². The summed E-state index contributed by atoms with van der Waals surface area (Å²) in [7, 11) is -5.13. The Morgan fingerprint density at radius 1 is 1.00 bits per heavy atom. The van der Waals surface area contributed by atoms with Crippen LogP contribution in [0.25, 0.3) is 0 Å². The summed E-state index contributed by atoms with van der Waals surface area (Å²) in [6, 6.07) is 0. The molecule has 0 spiro atoms. The Kier molecular flexibility index (Phi) is 7.56. The molecule has 2 rings (SSSR count). The number of aliphatic hydroxyl groups excluding tert-OH is 1. The van der Waals surface area contributed by atoms with Gasteiger partial charge in [0.25, 0.3) is 0 Å². The fourth-order valence-corrected chi connectivity index (χ4v) is 17.2. The standard InChI is InChI=1S/C18H35ClO4SSi2/c1-11(2)25(12(3)4)21-10-16-17(15(9-20)18(19)24-16)22-26(23-25,13(5)6)14(7)8/h11-14,16-17,20H,9-10H2,1-8H3/t16-,17+/m1/s1. The molecule has 1 N–H and O–H groups in total. The maximum absolute atomic E-state index is 9.87. The van der Waals surface area contributed by atoms with Gasteiger partial charge in [0.05, 0.1) is 28.9 Å². The third-order valence-corrected chi connectivity index (χ3v) is 17.6. The second-order valence-electron chi connectivity index (χ2n) is 8.63. The van der Waals surface area contributed by atoms with Gasteiger partial charge in [-0.25, -0.2) is 0 Å². The second-order valence-corrected chi connectivity index (χ2v) is 19.3. The van der Waals surface area contributed by atoms with Gasteiger partial charge in [-0.05, 0) is 22.2 Å². The van der Waals surface area contributed by atoms with Gasteiger partial charge >= 0.3 is 17.1 Å². The van der Waals surface area contributed by atoms with Crippen LogP contribution in [0.5, 0.6) is 0 Å². The van der Waals surface area contributed by atoms with E-state index in [9.17, 15) is 5.11 Å². The van der Waals surface area contributed by atoms with Crippen LogP contribution in [0.1, 0.15) is 55.4 Å². The van der Waals surface area contributed by atoms with Gasteiger partial charge in [0, 0.05) is 5.57 Å². The molecule has 0 saturated carbocycles. The van der Waals surface area contributed by atoms with Gasteiger partial charge in [-0.1, -0.05) is 67.0 Å². The molecule has 0 aromatic rings. The molecule has 0 radical (unpaired) electrons. The number of hydrogen-bond donors (Lipinski definition) is 1. The smallest absolute Gasteiger partial charge is 0.335 e. The highest BCUT2D eigenvalue weighted by atomic mass is 35.5. The summed E-state index contributed by atoms with van der Waals surface area (Å²) in [5.74, 6) is 0. The van der Waals surface area contributed by atoms with Gasteiger partial charge in [-0.2, -0.15) is 0 Å². The maximum atomic E-state index is 9.87. The summed E-state index contributed by atoms with van der Waals surface area (Å²) in [6.07, 6.45) is -0.222. The van der Waals surface area contributed by atoms with Crippen LogP contribution in [0.15, 0.2) is 9.94 Å². The van der Waals surface area contributed by atoms with Crippen LogP contribution in [-0.2, 0) is 13.0 Å². The predicted octanol–water partition coefficient (Wildman–Crippen LogP) is 5.50. The molecule has 8 heteroatoms. The number of hydrogen-bond acceptors (Lipinski definition) is 5. The van der Waals surface area contributed by atoms with E-state index in [0.29, 0.717) is 22.1 Å². The first-order valence-corrected chi connectivity index (χ1v) is 14.9. The van der Waals surface area contributed by atoms with Gasteiger partial charge in [-0.3, -0.25) is 0 Å².